The van der Waals surface area contributed by atoms with Crippen LogP contribution < -0.4 is 0 Å². The predicted molar refractivity (Wildman–Crippen MR) is 107 cm³/mol. The molecule has 0 N–H and O–H groups in total. The van der Waals surface area contributed by atoms with Gasteiger partial charge < -0.3 is 0 Å². The van der Waals surface area contributed by atoms with E-state index in [4.69, 9.17) is 0 Å². The van der Waals surface area contributed by atoms with Crippen LogP contribution in [-0.4, -0.2) is 17.8 Å². The third kappa shape index (κ3) is 19.1. The van der Waals surface area contributed by atoms with Crippen molar-refractivity contribution in [1.29, 1.82) is 0 Å². The lowest BCUT2D eigenvalue weighted by atomic mass is 10.0. The van der Waals surface area contributed by atoms with E-state index in [1.165, 1.54) is 89.9 Å². The van der Waals surface area contributed by atoms with E-state index in [1.54, 1.807) is 0 Å². The van der Waals surface area contributed by atoms with Crippen LogP contribution in [0.3, 0.4) is 0 Å². The van der Waals surface area contributed by atoms with Gasteiger partial charge in [-0.05, 0) is 13.3 Å². The second-order valence-corrected chi connectivity index (χ2v) is 6.78. The summed E-state index contributed by atoms with van der Waals surface area (Å²) >= 11 is 0. The molecule has 134 valence electrons. The Bertz CT molecular complexity index is 301. The summed E-state index contributed by atoms with van der Waals surface area (Å²) in [7, 11) is 0. The summed E-state index contributed by atoms with van der Waals surface area (Å²) in [5.74, 6) is 0. The Balaban J connectivity index is 3.14. The van der Waals surface area contributed by atoms with Gasteiger partial charge in [0.2, 0.25) is 0 Å². The van der Waals surface area contributed by atoms with Crippen LogP contribution in [-0.2, 0) is 0 Å². The van der Waals surface area contributed by atoms with Gasteiger partial charge in [0.15, 0.2) is 6.20 Å². The van der Waals surface area contributed by atoms with Gasteiger partial charge in [-0.2, -0.15) is 0 Å². The second-order valence-electron chi connectivity index (χ2n) is 6.78. The fourth-order valence-electron chi connectivity index (χ4n) is 2.87. The van der Waals surface area contributed by atoms with Crippen molar-refractivity contribution in [2.45, 2.75) is 104 Å². The summed E-state index contributed by atoms with van der Waals surface area (Å²) in [6, 6.07) is 0. The summed E-state index contributed by atoms with van der Waals surface area (Å²) in [6.45, 7) is 9.42. The van der Waals surface area contributed by atoms with Crippen LogP contribution in [0.2, 0.25) is 0 Å². The van der Waals surface area contributed by atoms with E-state index in [0.29, 0.717) is 0 Å². The van der Waals surface area contributed by atoms with Crippen molar-refractivity contribution >= 4 is 6.72 Å². The molecular formula is C22H42N+. The molecule has 0 fully saturated rings. The number of nitrogens with zero attached hydrogens (tertiary/aromatic N) is 1. The molecule has 1 nitrogen and oxygen atoms in total. The second kappa shape index (κ2) is 19.2. The molecule has 23 heavy (non-hydrogen) atoms. The largest absolute Gasteiger partial charge is 0.212 e. The number of unbranched alkanes of at least 4 members (excludes halogenated alkanes) is 13. The quantitative estimate of drug-likeness (QED) is 0.115. The lowest BCUT2D eigenvalue weighted by Gasteiger charge is -2.02. The van der Waals surface area contributed by atoms with Gasteiger partial charge in [-0.25, -0.2) is 4.58 Å². The smallest absolute Gasteiger partial charge is 0.168 e. The fourth-order valence-corrected chi connectivity index (χ4v) is 2.87. The normalized spacial score (nSPS) is 11.7. The molecule has 0 unspecified atom stereocenters. The monoisotopic (exact) mass is 320 g/mol. The molecule has 0 bridgehead atoms. The van der Waals surface area contributed by atoms with Gasteiger partial charge in [-0.1, -0.05) is 96.1 Å². The SMILES string of the molecule is C=[N+](/C=C\C=C/C)CCCCCCCCCCCCCCCC. The van der Waals surface area contributed by atoms with Crippen molar-refractivity contribution in [1.82, 2.24) is 0 Å². The zero-order chi connectivity index (χ0) is 17.0. The Hall–Kier alpha value is -0.850. The van der Waals surface area contributed by atoms with E-state index in [9.17, 15) is 0 Å². The summed E-state index contributed by atoms with van der Waals surface area (Å²) in [5.41, 5.74) is 0. The van der Waals surface area contributed by atoms with E-state index < -0.39 is 0 Å². The average molecular weight is 321 g/mol. The molecule has 0 spiro atoms. The van der Waals surface area contributed by atoms with Crippen molar-refractivity contribution in [3.63, 3.8) is 0 Å². The minimum atomic E-state index is 1.08. The van der Waals surface area contributed by atoms with Crippen molar-refractivity contribution in [2.24, 2.45) is 0 Å². The van der Waals surface area contributed by atoms with Gasteiger partial charge in [-0.3, -0.25) is 0 Å². The Morgan fingerprint density at radius 3 is 1.52 bits per heavy atom. The van der Waals surface area contributed by atoms with Crippen LogP contribution in [0.15, 0.2) is 24.4 Å². The predicted octanol–water partition coefficient (Wildman–Crippen LogP) is 7.27. The summed E-state index contributed by atoms with van der Waals surface area (Å²) in [6.07, 6.45) is 28.0. The Morgan fingerprint density at radius 1 is 0.652 bits per heavy atom. The van der Waals surface area contributed by atoms with Gasteiger partial charge in [0.1, 0.15) is 13.3 Å². The molecule has 0 aromatic heterocycles. The molecule has 0 saturated heterocycles. The molecular weight excluding hydrogens is 278 g/mol. The number of allylic oxidation sites excluding steroid dienone is 3. The number of hydrogen-bond donors (Lipinski definition) is 0. The van der Waals surface area contributed by atoms with E-state index >= 15 is 0 Å². The first-order valence-corrected chi connectivity index (χ1v) is 10.2. The zero-order valence-electron chi connectivity index (χ0n) is 16.1. The van der Waals surface area contributed by atoms with Crippen LogP contribution >= 0.6 is 0 Å². The third-order valence-electron chi connectivity index (χ3n) is 4.40. The Kier molecular flexibility index (Phi) is 18.5. The molecule has 1 heteroatoms. The van der Waals surface area contributed by atoms with Crippen molar-refractivity contribution in [3.8, 4) is 0 Å². The Morgan fingerprint density at radius 2 is 1.09 bits per heavy atom. The summed E-state index contributed by atoms with van der Waals surface area (Å²) in [5, 5.41) is 0. The highest BCUT2D eigenvalue weighted by Crippen LogP contribution is 2.12. The van der Waals surface area contributed by atoms with Crippen LogP contribution in [0.5, 0.6) is 0 Å². The molecule has 0 aromatic rings. The first-order valence-electron chi connectivity index (χ1n) is 10.2. The Labute approximate surface area is 146 Å². The van der Waals surface area contributed by atoms with E-state index in [1.807, 2.05) is 23.7 Å². The molecule has 0 aliphatic heterocycles. The lowest BCUT2D eigenvalue weighted by Crippen LogP contribution is -2.02. The standard InChI is InChI=1S/C22H42N/c1-4-6-8-9-10-11-12-13-14-15-16-17-18-20-22-23(3)21-19-7-5-2/h5,7,19,21H,3-4,6,8-18,20,22H2,1-2H3/q+1/b7-5-,21-19-. The van der Waals surface area contributed by atoms with E-state index in [2.05, 4.69) is 25.9 Å². The molecule has 0 aromatic carbocycles. The highest BCUT2D eigenvalue weighted by molar-refractivity contribution is 5.16. The zero-order valence-corrected chi connectivity index (χ0v) is 16.1. The van der Waals surface area contributed by atoms with Crippen molar-refractivity contribution in [3.05, 3.63) is 24.4 Å². The maximum absolute atomic E-state index is 4.02. The molecule has 0 amide bonds. The highest BCUT2D eigenvalue weighted by atomic mass is 14.9. The van der Waals surface area contributed by atoms with Gasteiger partial charge >= 0.3 is 0 Å². The molecule has 0 aliphatic rings. The van der Waals surface area contributed by atoms with Crippen LogP contribution in [0, 0.1) is 0 Å². The van der Waals surface area contributed by atoms with Gasteiger partial charge in [-0.15, -0.1) is 0 Å². The van der Waals surface area contributed by atoms with Crippen LogP contribution in [0.1, 0.15) is 104 Å². The molecule has 0 radical (unpaired) electrons. The maximum atomic E-state index is 4.02. The van der Waals surface area contributed by atoms with Gasteiger partial charge in [0.05, 0.1) is 0 Å². The molecule has 0 rings (SSSR count). The molecule has 0 atom stereocenters. The van der Waals surface area contributed by atoms with Gasteiger partial charge in [0.25, 0.3) is 0 Å². The maximum Gasteiger partial charge on any atom is 0.168 e. The first-order chi connectivity index (χ1) is 11.3. The fraction of sp³-hybridized carbons (Fsp3) is 0.773. The minimum absolute atomic E-state index is 1.08. The van der Waals surface area contributed by atoms with E-state index in [-0.39, 0.29) is 0 Å². The van der Waals surface area contributed by atoms with Crippen LogP contribution in [0.25, 0.3) is 0 Å². The minimum Gasteiger partial charge on any atom is -0.212 e. The summed E-state index contributed by atoms with van der Waals surface area (Å²) < 4.78 is 2.04. The number of rotatable bonds is 17. The first kappa shape index (κ1) is 22.1. The lowest BCUT2D eigenvalue weighted by molar-refractivity contribution is -0.448. The van der Waals surface area contributed by atoms with Crippen molar-refractivity contribution in [2.75, 3.05) is 6.54 Å². The van der Waals surface area contributed by atoms with Gasteiger partial charge in [0, 0.05) is 12.5 Å². The molecule has 0 aliphatic carbocycles. The molecule has 0 heterocycles. The van der Waals surface area contributed by atoms with Crippen molar-refractivity contribution < 1.29 is 4.58 Å². The highest BCUT2D eigenvalue weighted by Gasteiger charge is 1.97. The molecule has 0 saturated carbocycles. The third-order valence-corrected chi connectivity index (χ3v) is 4.40. The van der Waals surface area contributed by atoms with Crippen LogP contribution in [0.4, 0.5) is 0 Å². The number of hydrogen-bond acceptors (Lipinski definition) is 0. The topological polar surface area (TPSA) is 3.01 Å². The van der Waals surface area contributed by atoms with E-state index in [0.717, 1.165) is 6.54 Å². The average Bonchev–Trinajstić information content (AvgIpc) is 2.55. The summed E-state index contributed by atoms with van der Waals surface area (Å²) in [4.78, 5) is 0.